The Labute approximate surface area is 281 Å². The Morgan fingerprint density at radius 2 is 1.23 bits per heavy atom. The Bertz CT molecular complexity index is 2720. The van der Waals surface area contributed by atoms with Crippen molar-refractivity contribution in [2.75, 3.05) is 0 Å². The highest BCUT2D eigenvalue weighted by molar-refractivity contribution is 7.25. The van der Waals surface area contributed by atoms with Gasteiger partial charge in [-0.05, 0) is 51.7 Å². The molecule has 0 aliphatic heterocycles. The molecule has 0 saturated heterocycles. The highest BCUT2D eigenvalue weighted by atomic mass is 32.1. The summed E-state index contributed by atoms with van der Waals surface area (Å²) in [5.41, 5.74) is 13.9. The lowest BCUT2D eigenvalue weighted by Crippen LogP contribution is -2.16. The highest BCUT2D eigenvalue weighted by Crippen LogP contribution is 2.40. The van der Waals surface area contributed by atoms with Gasteiger partial charge in [0, 0.05) is 42.1 Å². The Morgan fingerprint density at radius 1 is 0.542 bits per heavy atom. The van der Waals surface area contributed by atoms with E-state index in [2.05, 4.69) is 103 Å². The molecule has 0 spiro atoms. The standard InChI is InChI=1S/C43H29N3OS/c44-42(35-19-11-23-39-41(35)34-17-7-9-22-38(34)48-39)46-43(27-12-2-1-3-13-27)45-26-28-24-25-31(30-15-5-4-14-29(28)30)32-18-10-21-37-40(32)33-16-6-8-20-36(33)47-37/h1-25H,26H2,(H2,44,45,46). The summed E-state index contributed by atoms with van der Waals surface area (Å²) >= 11 is 1.77. The lowest BCUT2D eigenvalue weighted by Gasteiger charge is -2.12. The predicted molar refractivity (Wildman–Crippen MR) is 203 cm³/mol. The van der Waals surface area contributed by atoms with E-state index in [-0.39, 0.29) is 0 Å². The van der Waals surface area contributed by atoms with Crippen molar-refractivity contribution in [3.8, 4) is 11.1 Å². The summed E-state index contributed by atoms with van der Waals surface area (Å²) in [5.74, 6) is 1.06. The fraction of sp³-hybridized carbons (Fsp3) is 0.0233. The molecule has 0 radical (unpaired) electrons. The topological polar surface area (TPSA) is 63.9 Å². The number of nitrogens with two attached hydrogens (primary N) is 1. The van der Waals surface area contributed by atoms with Crippen LogP contribution in [-0.4, -0.2) is 11.7 Å². The highest BCUT2D eigenvalue weighted by Gasteiger charge is 2.16. The maximum atomic E-state index is 6.84. The molecule has 0 aliphatic carbocycles. The molecular weight excluding hydrogens is 607 g/mol. The second kappa shape index (κ2) is 11.6. The lowest BCUT2D eigenvalue weighted by atomic mass is 9.92. The summed E-state index contributed by atoms with van der Waals surface area (Å²) in [7, 11) is 0. The van der Waals surface area contributed by atoms with Crippen LogP contribution in [0.3, 0.4) is 0 Å². The third-order valence-electron chi connectivity index (χ3n) is 9.04. The van der Waals surface area contributed by atoms with Gasteiger partial charge in [-0.1, -0.05) is 127 Å². The fourth-order valence-electron chi connectivity index (χ4n) is 6.83. The van der Waals surface area contributed by atoms with Gasteiger partial charge >= 0.3 is 0 Å². The number of thiophene rings is 1. The van der Waals surface area contributed by atoms with Crippen molar-refractivity contribution in [2.24, 2.45) is 15.7 Å². The minimum atomic E-state index is 0.451. The monoisotopic (exact) mass is 635 g/mol. The molecule has 2 N–H and O–H groups in total. The molecule has 7 aromatic carbocycles. The van der Waals surface area contributed by atoms with E-state index >= 15 is 0 Å². The van der Waals surface area contributed by atoms with Crippen LogP contribution in [-0.2, 0) is 6.54 Å². The third kappa shape index (κ3) is 4.75. The maximum Gasteiger partial charge on any atom is 0.157 e. The summed E-state index contributed by atoms with van der Waals surface area (Å²) in [4.78, 5) is 10.1. The summed E-state index contributed by atoms with van der Waals surface area (Å²) < 4.78 is 8.65. The SMILES string of the molecule is NC(=NC(=NCc1ccc(-c2cccc3oc4ccccc4c23)c2ccccc12)c1ccccc1)c1cccc2sc3ccccc3c12. The average molecular weight is 636 g/mol. The Hall–Kier alpha value is -6.04. The van der Waals surface area contributed by atoms with Gasteiger partial charge in [-0.3, -0.25) is 4.99 Å². The predicted octanol–water partition coefficient (Wildman–Crippen LogP) is 11.1. The third-order valence-corrected chi connectivity index (χ3v) is 10.2. The minimum Gasteiger partial charge on any atom is -0.456 e. The molecule has 2 aromatic heterocycles. The molecular formula is C43H29N3OS. The zero-order valence-electron chi connectivity index (χ0n) is 25.9. The molecule has 4 nitrogen and oxygen atoms in total. The fourth-order valence-corrected chi connectivity index (χ4v) is 7.97. The molecule has 0 atom stereocenters. The Balaban J connectivity index is 1.16. The number of nitrogens with zero attached hydrogens (tertiary/aromatic N) is 2. The van der Waals surface area contributed by atoms with E-state index in [1.807, 2.05) is 48.5 Å². The molecule has 228 valence electrons. The summed E-state index contributed by atoms with van der Waals surface area (Å²) in [5, 5.41) is 6.90. The Morgan fingerprint density at radius 3 is 2.10 bits per heavy atom. The first-order valence-electron chi connectivity index (χ1n) is 16.0. The summed E-state index contributed by atoms with van der Waals surface area (Å²) in [6.07, 6.45) is 0. The lowest BCUT2D eigenvalue weighted by molar-refractivity contribution is 0.669. The number of hydrogen-bond donors (Lipinski definition) is 1. The van der Waals surface area contributed by atoms with E-state index in [1.165, 1.54) is 20.2 Å². The number of furan rings is 1. The van der Waals surface area contributed by atoms with Crippen LogP contribution in [0.15, 0.2) is 166 Å². The van der Waals surface area contributed by atoms with E-state index in [4.69, 9.17) is 20.1 Å². The second-order valence-corrected chi connectivity index (χ2v) is 13.0. The first kappa shape index (κ1) is 28.2. The number of benzene rings is 7. The number of fused-ring (bicyclic) bond motifs is 7. The van der Waals surface area contributed by atoms with Gasteiger partial charge < -0.3 is 10.2 Å². The second-order valence-electron chi connectivity index (χ2n) is 11.9. The van der Waals surface area contributed by atoms with Gasteiger partial charge in [0.25, 0.3) is 0 Å². The largest absolute Gasteiger partial charge is 0.456 e. The zero-order valence-corrected chi connectivity index (χ0v) is 26.7. The quantitative estimate of drug-likeness (QED) is 0.151. The number of hydrogen-bond acceptors (Lipinski definition) is 3. The number of amidine groups is 2. The molecule has 0 aliphatic rings. The Kier molecular flexibility index (Phi) is 6.84. The van der Waals surface area contributed by atoms with Crippen LogP contribution in [0.4, 0.5) is 0 Å². The molecule has 0 fully saturated rings. The number of aliphatic imine (C=N–C) groups is 2. The van der Waals surface area contributed by atoms with Gasteiger partial charge in [-0.15, -0.1) is 11.3 Å². The van der Waals surface area contributed by atoms with Gasteiger partial charge in [-0.2, -0.15) is 0 Å². The molecule has 0 amide bonds. The van der Waals surface area contributed by atoms with Crippen LogP contribution in [0.5, 0.6) is 0 Å². The van der Waals surface area contributed by atoms with Crippen LogP contribution in [0.25, 0.3) is 64.0 Å². The molecule has 0 saturated carbocycles. The zero-order chi connectivity index (χ0) is 32.0. The molecule has 0 bridgehead atoms. The molecule has 5 heteroatoms. The van der Waals surface area contributed by atoms with Crippen LogP contribution in [0.2, 0.25) is 0 Å². The molecule has 48 heavy (non-hydrogen) atoms. The first-order valence-corrected chi connectivity index (χ1v) is 16.8. The van der Waals surface area contributed by atoms with Crippen molar-refractivity contribution >= 4 is 75.9 Å². The summed E-state index contributed by atoms with van der Waals surface area (Å²) in [6.45, 7) is 0.451. The van der Waals surface area contributed by atoms with Crippen LogP contribution < -0.4 is 5.73 Å². The van der Waals surface area contributed by atoms with E-state index in [0.717, 1.165) is 60.5 Å². The van der Waals surface area contributed by atoms with Crippen molar-refractivity contribution in [3.63, 3.8) is 0 Å². The van der Waals surface area contributed by atoms with E-state index < -0.39 is 0 Å². The molecule has 9 rings (SSSR count). The minimum absolute atomic E-state index is 0.451. The maximum absolute atomic E-state index is 6.84. The van der Waals surface area contributed by atoms with E-state index in [9.17, 15) is 0 Å². The van der Waals surface area contributed by atoms with Crippen molar-refractivity contribution in [1.29, 1.82) is 0 Å². The van der Waals surface area contributed by atoms with E-state index in [1.54, 1.807) is 11.3 Å². The number of para-hydroxylation sites is 1. The number of rotatable bonds is 5. The van der Waals surface area contributed by atoms with Crippen molar-refractivity contribution < 1.29 is 4.42 Å². The first-order chi connectivity index (χ1) is 23.7. The van der Waals surface area contributed by atoms with Crippen LogP contribution >= 0.6 is 11.3 Å². The van der Waals surface area contributed by atoms with Gasteiger partial charge in [0.05, 0.1) is 6.54 Å². The summed E-state index contributed by atoms with van der Waals surface area (Å²) in [6, 6.07) is 52.3. The molecule has 9 aromatic rings. The van der Waals surface area contributed by atoms with Crippen molar-refractivity contribution in [1.82, 2.24) is 0 Å². The van der Waals surface area contributed by atoms with Crippen molar-refractivity contribution in [2.45, 2.75) is 6.54 Å². The van der Waals surface area contributed by atoms with Crippen molar-refractivity contribution in [3.05, 3.63) is 168 Å². The van der Waals surface area contributed by atoms with Gasteiger partial charge in [0.1, 0.15) is 17.0 Å². The molecule has 2 heterocycles. The smallest absolute Gasteiger partial charge is 0.157 e. The van der Waals surface area contributed by atoms with E-state index in [0.29, 0.717) is 18.2 Å². The molecule has 0 unspecified atom stereocenters. The van der Waals surface area contributed by atoms with Gasteiger partial charge in [0.2, 0.25) is 0 Å². The normalized spacial score (nSPS) is 12.6. The average Bonchev–Trinajstić information content (AvgIpc) is 3.72. The van der Waals surface area contributed by atoms with Crippen LogP contribution in [0.1, 0.15) is 16.7 Å². The van der Waals surface area contributed by atoms with Gasteiger partial charge in [-0.25, -0.2) is 4.99 Å². The van der Waals surface area contributed by atoms with Crippen LogP contribution in [0, 0.1) is 0 Å². The van der Waals surface area contributed by atoms with Gasteiger partial charge in [0.15, 0.2) is 5.84 Å².